The van der Waals surface area contributed by atoms with Gasteiger partial charge in [0.05, 0.1) is 11.8 Å². The number of nitrogens with one attached hydrogen (secondary N) is 1. The first-order valence-corrected chi connectivity index (χ1v) is 10.6. The molecule has 1 amide bonds. The lowest BCUT2D eigenvalue weighted by Crippen LogP contribution is -2.43. The van der Waals surface area contributed by atoms with E-state index in [2.05, 4.69) is 10.5 Å². The van der Waals surface area contributed by atoms with Crippen molar-refractivity contribution in [1.29, 1.82) is 0 Å². The maximum absolute atomic E-state index is 13.1. The molecule has 0 aromatic heterocycles. The molecular formula is C28H22N2O4. The van der Waals surface area contributed by atoms with Crippen molar-refractivity contribution in [3.8, 4) is 11.1 Å². The van der Waals surface area contributed by atoms with Crippen LogP contribution in [0.1, 0.15) is 27.0 Å². The summed E-state index contributed by atoms with van der Waals surface area (Å²) >= 11 is 0. The van der Waals surface area contributed by atoms with Crippen LogP contribution in [0.15, 0.2) is 114 Å². The first-order chi connectivity index (χ1) is 16.5. The van der Waals surface area contributed by atoms with Gasteiger partial charge in [-0.15, -0.1) is 0 Å². The molecule has 0 spiro atoms. The number of carboxylic acid groups (broad SMARTS) is 1. The fraction of sp³-hybridized carbons (Fsp3) is 0.0357. The summed E-state index contributed by atoms with van der Waals surface area (Å²) in [6.45, 7) is 0. The van der Waals surface area contributed by atoms with Crippen molar-refractivity contribution in [2.24, 2.45) is 5.10 Å². The zero-order valence-corrected chi connectivity index (χ0v) is 18.1. The largest absolute Gasteiger partial charge is 0.478 e. The topological polar surface area (TPSA) is 99.0 Å². The Morgan fingerprint density at radius 1 is 0.735 bits per heavy atom. The number of carbonyl (C=O) groups is 2. The molecule has 4 aromatic carbocycles. The zero-order chi connectivity index (χ0) is 24.0. The quantitative estimate of drug-likeness (QED) is 0.286. The van der Waals surface area contributed by atoms with E-state index in [4.69, 9.17) is 0 Å². The van der Waals surface area contributed by atoms with Gasteiger partial charge in [0, 0.05) is 0 Å². The maximum Gasteiger partial charge on any atom is 0.335 e. The third-order valence-electron chi connectivity index (χ3n) is 5.42. The number of aromatic carboxylic acids is 1. The van der Waals surface area contributed by atoms with Gasteiger partial charge in [0.1, 0.15) is 0 Å². The third-order valence-corrected chi connectivity index (χ3v) is 5.42. The molecule has 0 aliphatic heterocycles. The normalized spacial score (nSPS) is 11.3. The monoisotopic (exact) mass is 450 g/mol. The minimum atomic E-state index is -1.92. The molecule has 6 heteroatoms. The lowest BCUT2D eigenvalue weighted by Gasteiger charge is -2.27. The third kappa shape index (κ3) is 4.77. The lowest BCUT2D eigenvalue weighted by molar-refractivity contribution is -0.136. The van der Waals surface area contributed by atoms with Gasteiger partial charge in [-0.2, -0.15) is 5.10 Å². The minimum absolute atomic E-state index is 0.199. The van der Waals surface area contributed by atoms with Gasteiger partial charge in [-0.25, -0.2) is 10.2 Å². The molecule has 0 radical (unpaired) electrons. The number of carboxylic acids is 1. The van der Waals surface area contributed by atoms with Crippen molar-refractivity contribution >= 4 is 18.1 Å². The van der Waals surface area contributed by atoms with Crippen molar-refractivity contribution in [2.75, 3.05) is 0 Å². The summed E-state index contributed by atoms with van der Waals surface area (Å²) in [6, 6.07) is 31.3. The number of hydrazone groups is 1. The average molecular weight is 450 g/mol. The van der Waals surface area contributed by atoms with Crippen LogP contribution in [-0.4, -0.2) is 28.3 Å². The summed E-state index contributed by atoms with van der Waals surface area (Å²) in [6.07, 6.45) is 1.47. The molecule has 0 aliphatic carbocycles. The predicted molar refractivity (Wildman–Crippen MR) is 130 cm³/mol. The Balaban J connectivity index is 1.57. The summed E-state index contributed by atoms with van der Waals surface area (Å²) in [5, 5.41) is 24.7. The summed E-state index contributed by atoms with van der Waals surface area (Å²) in [5.41, 5.74) is 3.84. The fourth-order valence-electron chi connectivity index (χ4n) is 3.66. The SMILES string of the molecule is O=C(O)c1cccc(-c2cccc(C=NNC(=O)C(O)(c3ccccc3)c3ccccc3)c2)c1. The standard InChI is InChI=1S/C28H22N2O4/c31-26(32)23-12-8-11-22(18-23)21-10-7-9-20(17-21)19-29-30-27(33)28(34,24-13-3-1-4-14-24)25-15-5-2-6-16-25/h1-19,34H,(H,30,33)(H,31,32). The van der Waals surface area contributed by atoms with E-state index in [1.165, 1.54) is 12.3 Å². The highest BCUT2D eigenvalue weighted by molar-refractivity contribution is 5.92. The van der Waals surface area contributed by atoms with Crippen molar-refractivity contribution in [1.82, 2.24) is 5.43 Å². The summed E-state index contributed by atoms with van der Waals surface area (Å²) in [5.74, 6) is -1.68. The Bertz CT molecular complexity index is 1300. The van der Waals surface area contributed by atoms with Gasteiger partial charge in [-0.1, -0.05) is 91.0 Å². The number of rotatable bonds is 7. The van der Waals surface area contributed by atoms with Crippen LogP contribution in [0, 0.1) is 0 Å². The van der Waals surface area contributed by atoms with Gasteiger partial charge in [-0.3, -0.25) is 4.79 Å². The Morgan fingerprint density at radius 2 is 1.29 bits per heavy atom. The molecule has 0 heterocycles. The van der Waals surface area contributed by atoms with Crippen molar-refractivity contribution in [3.63, 3.8) is 0 Å². The van der Waals surface area contributed by atoms with Crippen LogP contribution >= 0.6 is 0 Å². The molecular weight excluding hydrogens is 428 g/mol. The minimum Gasteiger partial charge on any atom is -0.478 e. The highest BCUT2D eigenvalue weighted by Crippen LogP contribution is 2.30. The molecule has 0 saturated heterocycles. The summed E-state index contributed by atoms with van der Waals surface area (Å²) < 4.78 is 0. The first kappa shape index (κ1) is 22.6. The van der Waals surface area contributed by atoms with Gasteiger partial charge in [0.25, 0.3) is 5.91 Å². The highest BCUT2D eigenvalue weighted by atomic mass is 16.4. The molecule has 0 saturated carbocycles. The van der Waals surface area contributed by atoms with E-state index in [-0.39, 0.29) is 5.56 Å². The Hall–Kier alpha value is -4.55. The van der Waals surface area contributed by atoms with Crippen LogP contribution in [0.2, 0.25) is 0 Å². The van der Waals surface area contributed by atoms with Crippen LogP contribution < -0.4 is 5.43 Å². The summed E-state index contributed by atoms with van der Waals surface area (Å²) in [7, 11) is 0. The molecule has 0 unspecified atom stereocenters. The highest BCUT2D eigenvalue weighted by Gasteiger charge is 2.39. The number of nitrogens with zero attached hydrogens (tertiary/aromatic N) is 1. The van der Waals surface area contributed by atoms with E-state index in [1.807, 2.05) is 36.4 Å². The van der Waals surface area contributed by atoms with Crippen molar-refractivity contribution in [2.45, 2.75) is 5.60 Å². The average Bonchev–Trinajstić information content (AvgIpc) is 2.89. The number of hydrogen-bond acceptors (Lipinski definition) is 4. The molecule has 0 bridgehead atoms. The van der Waals surface area contributed by atoms with E-state index in [0.29, 0.717) is 16.7 Å². The van der Waals surface area contributed by atoms with Crippen LogP contribution in [0.4, 0.5) is 0 Å². The number of amides is 1. The van der Waals surface area contributed by atoms with Crippen LogP contribution in [-0.2, 0) is 10.4 Å². The van der Waals surface area contributed by atoms with Crippen molar-refractivity contribution < 1.29 is 19.8 Å². The molecule has 0 atom stereocenters. The molecule has 4 aromatic rings. The van der Waals surface area contributed by atoms with Gasteiger partial charge >= 0.3 is 5.97 Å². The van der Waals surface area contributed by atoms with E-state index in [9.17, 15) is 19.8 Å². The van der Waals surface area contributed by atoms with E-state index in [1.54, 1.807) is 66.7 Å². The van der Waals surface area contributed by atoms with Crippen molar-refractivity contribution in [3.05, 3.63) is 131 Å². The first-order valence-electron chi connectivity index (χ1n) is 10.6. The molecule has 3 N–H and O–H groups in total. The zero-order valence-electron chi connectivity index (χ0n) is 18.1. The smallest absolute Gasteiger partial charge is 0.335 e. The number of carbonyl (C=O) groups excluding carboxylic acids is 1. The molecule has 168 valence electrons. The van der Waals surface area contributed by atoms with Gasteiger partial charge in [-0.05, 0) is 46.0 Å². The molecule has 4 rings (SSSR count). The second-order valence-electron chi connectivity index (χ2n) is 7.65. The van der Waals surface area contributed by atoms with Gasteiger partial charge < -0.3 is 10.2 Å². The van der Waals surface area contributed by atoms with E-state index >= 15 is 0 Å². The Morgan fingerprint density at radius 3 is 1.88 bits per heavy atom. The summed E-state index contributed by atoms with van der Waals surface area (Å²) in [4.78, 5) is 24.4. The predicted octanol–water partition coefficient (Wildman–Crippen LogP) is 4.44. The Labute approximate surface area is 196 Å². The molecule has 0 aliphatic rings. The number of hydrogen-bond donors (Lipinski definition) is 3. The number of benzene rings is 4. The Kier molecular flexibility index (Phi) is 6.62. The van der Waals surface area contributed by atoms with E-state index in [0.717, 1.165) is 11.1 Å². The van der Waals surface area contributed by atoms with E-state index < -0.39 is 17.5 Å². The van der Waals surface area contributed by atoms with Crippen LogP contribution in [0.25, 0.3) is 11.1 Å². The fourth-order valence-corrected chi connectivity index (χ4v) is 3.66. The second kappa shape index (κ2) is 9.94. The molecule has 0 fully saturated rings. The second-order valence-corrected chi connectivity index (χ2v) is 7.65. The number of aliphatic hydroxyl groups is 1. The van der Waals surface area contributed by atoms with Crippen LogP contribution in [0.5, 0.6) is 0 Å². The molecule has 6 nitrogen and oxygen atoms in total. The van der Waals surface area contributed by atoms with Gasteiger partial charge in [0.2, 0.25) is 0 Å². The van der Waals surface area contributed by atoms with Crippen LogP contribution in [0.3, 0.4) is 0 Å². The molecule has 34 heavy (non-hydrogen) atoms. The van der Waals surface area contributed by atoms with Gasteiger partial charge in [0.15, 0.2) is 5.60 Å². The maximum atomic E-state index is 13.1. The lowest BCUT2D eigenvalue weighted by atomic mass is 9.85.